The predicted octanol–water partition coefficient (Wildman–Crippen LogP) is 4.54. The largest absolute Gasteiger partial charge is 0.444 e. The number of nitrogens with one attached hydrogen (secondary N) is 1. The summed E-state index contributed by atoms with van der Waals surface area (Å²) >= 11 is 0. The molecule has 1 N–H and O–H groups in total. The van der Waals surface area contributed by atoms with Gasteiger partial charge in [-0.25, -0.2) is 4.98 Å². The molecule has 2 heterocycles. The van der Waals surface area contributed by atoms with Crippen LogP contribution < -0.4 is 5.32 Å². The summed E-state index contributed by atoms with van der Waals surface area (Å²) in [5.74, 6) is 1.70. The third-order valence-corrected chi connectivity index (χ3v) is 5.24. The van der Waals surface area contributed by atoms with Crippen LogP contribution in [-0.4, -0.2) is 34.4 Å². The highest BCUT2D eigenvalue weighted by Gasteiger charge is 2.35. The van der Waals surface area contributed by atoms with Crippen LogP contribution >= 0.6 is 0 Å². The lowest BCUT2D eigenvalue weighted by Crippen LogP contribution is -2.35. The fraction of sp³-hybridized carbons (Fsp3) is 0.526. The van der Waals surface area contributed by atoms with Gasteiger partial charge in [-0.05, 0) is 51.8 Å². The number of likely N-dealkylation sites (tertiary alicyclic amines) is 1. The van der Waals surface area contributed by atoms with Gasteiger partial charge in [0.2, 0.25) is 5.89 Å². The Kier molecular flexibility index (Phi) is 6.11. The standard InChI is InChI=1S/C19H23F3N4O3/c1-12-13(2)29-18(24-12)11-25-7-5-14(6-8-25)10-23-17-4-3-15(26(27)28)9-16(17)19(20,21)22/h3-4,9,14,23H,5-8,10-11H2,1-2H3. The molecular weight excluding hydrogens is 389 g/mol. The van der Waals surface area contributed by atoms with Gasteiger partial charge < -0.3 is 9.73 Å². The summed E-state index contributed by atoms with van der Waals surface area (Å²) in [6.45, 7) is 6.38. The average molecular weight is 412 g/mol. The second-order valence-corrected chi connectivity index (χ2v) is 7.33. The first-order valence-corrected chi connectivity index (χ1v) is 9.38. The van der Waals surface area contributed by atoms with Crippen LogP contribution in [0.4, 0.5) is 24.5 Å². The van der Waals surface area contributed by atoms with Crippen molar-refractivity contribution < 1.29 is 22.5 Å². The summed E-state index contributed by atoms with van der Waals surface area (Å²) in [5, 5.41) is 13.6. The highest BCUT2D eigenvalue weighted by Crippen LogP contribution is 2.37. The van der Waals surface area contributed by atoms with Gasteiger partial charge in [-0.1, -0.05) is 0 Å². The Morgan fingerprint density at radius 1 is 1.31 bits per heavy atom. The first-order valence-electron chi connectivity index (χ1n) is 9.38. The van der Waals surface area contributed by atoms with Crippen molar-refractivity contribution in [3.8, 4) is 0 Å². The molecule has 7 nitrogen and oxygen atoms in total. The molecule has 0 spiro atoms. The van der Waals surface area contributed by atoms with Crippen LogP contribution in [0.2, 0.25) is 0 Å². The zero-order valence-electron chi connectivity index (χ0n) is 16.3. The van der Waals surface area contributed by atoms with Gasteiger partial charge in [0.15, 0.2) is 0 Å². The Bertz CT molecular complexity index is 855. The summed E-state index contributed by atoms with van der Waals surface area (Å²) in [6.07, 6.45) is -3.00. The van der Waals surface area contributed by atoms with E-state index in [4.69, 9.17) is 4.42 Å². The van der Waals surface area contributed by atoms with Crippen LogP contribution in [0, 0.1) is 29.9 Å². The number of nitrogens with zero attached hydrogens (tertiary/aromatic N) is 3. The number of halogens is 3. The van der Waals surface area contributed by atoms with E-state index in [0.717, 1.165) is 49.5 Å². The van der Waals surface area contributed by atoms with Gasteiger partial charge in [-0.2, -0.15) is 13.2 Å². The third-order valence-electron chi connectivity index (χ3n) is 5.24. The zero-order chi connectivity index (χ0) is 21.2. The molecule has 2 aromatic rings. The van der Waals surface area contributed by atoms with E-state index in [9.17, 15) is 23.3 Å². The molecular formula is C19H23F3N4O3. The minimum absolute atomic E-state index is 0.128. The minimum atomic E-state index is -4.66. The van der Waals surface area contributed by atoms with Crippen molar-refractivity contribution >= 4 is 11.4 Å². The smallest absolute Gasteiger partial charge is 0.418 e. The van der Waals surface area contributed by atoms with E-state index in [0.29, 0.717) is 25.0 Å². The lowest BCUT2D eigenvalue weighted by molar-refractivity contribution is -0.385. The van der Waals surface area contributed by atoms with E-state index in [1.54, 1.807) is 0 Å². The van der Waals surface area contributed by atoms with E-state index in [1.807, 2.05) is 13.8 Å². The summed E-state index contributed by atoms with van der Waals surface area (Å²) in [6, 6.07) is 2.79. The summed E-state index contributed by atoms with van der Waals surface area (Å²) < 4.78 is 45.4. The first kappa shape index (κ1) is 21.1. The van der Waals surface area contributed by atoms with E-state index in [1.165, 1.54) is 0 Å². The lowest BCUT2D eigenvalue weighted by Gasteiger charge is -2.31. The normalized spacial score (nSPS) is 16.2. The number of hydrogen-bond acceptors (Lipinski definition) is 6. The van der Waals surface area contributed by atoms with E-state index < -0.39 is 22.4 Å². The van der Waals surface area contributed by atoms with E-state index in [-0.39, 0.29) is 11.6 Å². The first-order chi connectivity index (χ1) is 13.6. The Balaban J connectivity index is 1.55. The van der Waals surface area contributed by atoms with Crippen LogP contribution in [0.25, 0.3) is 0 Å². The number of aromatic nitrogens is 1. The second-order valence-electron chi connectivity index (χ2n) is 7.33. The number of hydrogen-bond donors (Lipinski definition) is 1. The number of rotatable bonds is 6. The zero-order valence-corrected chi connectivity index (χ0v) is 16.3. The molecule has 0 unspecified atom stereocenters. The number of oxazole rings is 1. The van der Waals surface area contributed by atoms with Gasteiger partial charge in [-0.3, -0.25) is 15.0 Å². The van der Waals surface area contributed by atoms with Crippen molar-refractivity contribution in [2.24, 2.45) is 5.92 Å². The molecule has 1 fully saturated rings. The molecule has 1 aliphatic heterocycles. The molecule has 1 saturated heterocycles. The van der Waals surface area contributed by atoms with Gasteiger partial charge in [-0.15, -0.1) is 0 Å². The minimum Gasteiger partial charge on any atom is -0.444 e. The Hall–Kier alpha value is -2.62. The number of aryl methyl sites for hydroxylation is 2. The van der Waals surface area contributed by atoms with Crippen molar-refractivity contribution in [2.45, 2.75) is 39.4 Å². The summed E-state index contributed by atoms with van der Waals surface area (Å²) in [7, 11) is 0. The van der Waals surface area contributed by atoms with Crippen molar-refractivity contribution in [1.29, 1.82) is 0 Å². The Labute approximate surface area is 166 Å². The molecule has 29 heavy (non-hydrogen) atoms. The third kappa shape index (κ3) is 5.26. The lowest BCUT2D eigenvalue weighted by atomic mass is 9.96. The number of piperidine rings is 1. The maximum Gasteiger partial charge on any atom is 0.418 e. The molecule has 0 aliphatic carbocycles. The summed E-state index contributed by atoms with van der Waals surface area (Å²) in [4.78, 5) is 16.5. The van der Waals surface area contributed by atoms with Crippen LogP contribution in [0.15, 0.2) is 22.6 Å². The van der Waals surface area contributed by atoms with Crippen LogP contribution in [0.5, 0.6) is 0 Å². The molecule has 1 aliphatic rings. The monoisotopic (exact) mass is 412 g/mol. The predicted molar refractivity (Wildman–Crippen MR) is 101 cm³/mol. The molecule has 0 saturated carbocycles. The van der Waals surface area contributed by atoms with Gasteiger partial charge in [0, 0.05) is 24.4 Å². The maximum absolute atomic E-state index is 13.3. The number of non-ortho nitro benzene ring substituents is 1. The topological polar surface area (TPSA) is 84.4 Å². The molecule has 0 atom stereocenters. The average Bonchev–Trinajstić information content (AvgIpc) is 2.97. The second kappa shape index (κ2) is 8.40. The van der Waals surface area contributed by atoms with Crippen molar-refractivity contribution in [2.75, 3.05) is 25.0 Å². The van der Waals surface area contributed by atoms with Gasteiger partial charge >= 0.3 is 6.18 Å². The van der Waals surface area contributed by atoms with Gasteiger partial charge in [0.05, 0.1) is 22.7 Å². The highest BCUT2D eigenvalue weighted by molar-refractivity contribution is 5.57. The number of benzene rings is 1. The fourth-order valence-electron chi connectivity index (χ4n) is 3.44. The Morgan fingerprint density at radius 2 is 2.00 bits per heavy atom. The molecule has 0 bridgehead atoms. The van der Waals surface area contributed by atoms with Crippen LogP contribution in [-0.2, 0) is 12.7 Å². The molecule has 1 aromatic heterocycles. The number of nitro groups is 1. The van der Waals surface area contributed by atoms with Crippen molar-refractivity contribution in [3.05, 3.63) is 51.2 Å². The van der Waals surface area contributed by atoms with E-state index >= 15 is 0 Å². The van der Waals surface area contributed by atoms with Crippen molar-refractivity contribution in [1.82, 2.24) is 9.88 Å². The molecule has 0 amide bonds. The summed E-state index contributed by atoms with van der Waals surface area (Å²) in [5.41, 5.74) is -0.842. The molecule has 10 heteroatoms. The van der Waals surface area contributed by atoms with E-state index in [2.05, 4.69) is 15.2 Å². The van der Waals surface area contributed by atoms with Gasteiger partial charge in [0.1, 0.15) is 5.76 Å². The van der Waals surface area contributed by atoms with Crippen molar-refractivity contribution in [3.63, 3.8) is 0 Å². The van der Waals surface area contributed by atoms with Crippen LogP contribution in [0.3, 0.4) is 0 Å². The highest BCUT2D eigenvalue weighted by atomic mass is 19.4. The fourth-order valence-corrected chi connectivity index (χ4v) is 3.44. The number of anilines is 1. The quantitative estimate of drug-likeness (QED) is 0.554. The van der Waals surface area contributed by atoms with Crippen LogP contribution in [0.1, 0.15) is 35.7 Å². The SMILES string of the molecule is Cc1nc(CN2CCC(CNc3ccc([N+](=O)[O-])cc3C(F)(F)F)CC2)oc1C. The van der Waals surface area contributed by atoms with Gasteiger partial charge in [0.25, 0.3) is 5.69 Å². The Morgan fingerprint density at radius 3 is 2.55 bits per heavy atom. The molecule has 3 rings (SSSR count). The molecule has 0 radical (unpaired) electrons. The number of alkyl halides is 3. The number of nitro benzene ring substituents is 1. The maximum atomic E-state index is 13.3. The molecule has 1 aromatic carbocycles. The molecule has 158 valence electrons.